The lowest BCUT2D eigenvalue weighted by Gasteiger charge is -2.33. The number of aliphatic carboxylic acids is 1. The highest BCUT2D eigenvalue weighted by Crippen LogP contribution is 2.36. The van der Waals surface area contributed by atoms with E-state index in [2.05, 4.69) is 0 Å². The first-order valence-electron chi connectivity index (χ1n) is 7.54. The van der Waals surface area contributed by atoms with E-state index in [1.165, 1.54) is 24.3 Å². The maximum atomic E-state index is 13.1. The fourth-order valence-corrected chi connectivity index (χ4v) is 4.07. The Hall–Kier alpha value is -2.26. The number of ether oxygens (including phenoxy) is 1. The van der Waals surface area contributed by atoms with E-state index in [0.29, 0.717) is 5.56 Å². The highest BCUT2D eigenvalue weighted by Gasteiger charge is 2.56. The van der Waals surface area contributed by atoms with Crippen molar-refractivity contribution in [2.75, 3.05) is 13.2 Å². The first-order valence-corrected chi connectivity index (χ1v) is 9.02. The van der Waals surface area contributed by atoms with E-state index < -0.39 is 26.8 Å². The minimum Gasteiger partial charge on any atom is -0.479 e. The molecule has 0 aliphatic carbocycles. The first-order chi connectivity index (χ1) is 11.9. The Labute approximate surface area is 146 Å². The van der Waals surface area contributed by atoms with Gasteiger partial charge in [0.05, 0.1) is 11.5 Å². The fourth-order valence-electron chi connectivity index (χ4n) is 2.44. The van der Waals surface area contributed by atoms with Gasteiger partial charge in [-0.05, 0) is 17.7 Å². The summed E-state index contributed by atoms with van der Waals surface area (Å²) >= 11 is 0. The standard InChI is InChI=1S/C17H20N2O5S/c18-11-12-24-15(13-7-3-1-4-8-13)17(19,16(20)21)25(22,23)14-9-5-2-6-10-14/h1-10,15H,11-12,18-19H2,(H,20,21)/t15?,17-/m1/s1. The predicted molar refractivity (Wildman–Crippen MR) is 92.4 cm³/mol. The van der Waals surface area contributed by atoms with Crippen LogP contribution >= 0.6 is 0 Å². The van der Waals surface area contributed by atoms with Gasteiger partial charge in [-0.15, -0.1) is 0 Å². The van der Waals surface area contributed by atoms with Gasteiger partial charge in [0.2, 0.25) is 9.84 Å². The van der Waals surface area contributed by atoms with E-state index in [1.54, 1.807) is 36.4 Å². The zero-order valence-electron chi connectivity index (χ0n) is 13.4. The molecule has 0 saturated carbocycles. The van der Waals surface area contributed by atoms with Gasteiger partial charge in [0, 0.05) is 6.54 Å². The Morgan fingerprint density at radius 1 is 1.08 bits per heavy atom. The Morgan fingerprint density at radius 2 is 1.60 bits per heavy atom. The van der Waals surface area contributed by atoms with Crippen molar-refractivity contribution in [3.63, 3.8) is 0 Å². The van der Waals surface area contributed by atoms with E-state index in [0.717, 1.165) is 0 Å². The molecule has 8 heteroatoms. The first kappa shape index (κ1) is 19.1. The van der Waals surface area contributed by atoms with E-state index in [9.17, 15) is 18.3 Å². The van der Waals surface area contributed by atoms with E-state index in [1.807, 2.05) is 0 Å². The van der Waals surface area contributed by atoms with Gasteiger partial charge in [0.15, 0.2) is 0 Å². The van der Waals surface area contributed by atoms with Crippen molar-refractivity contribution in [1.82, 2.24) is 0 Å². The molecule has 25 heavy (non-hydrogen) atoms. The van der Waals surface area contributed by atoms with Crippen LogP contribution in [0.4, 0.5) is 0 Å². The van der Waals surface area contributed by atoms with Crippen molar-refractivity contribution >= 4 is 15.8 Å². The number of rotatable bonds is 8. The Kier molecular flexibility index (Phi) is 5.91. The number of sulfone groups is 1. The minimum absolute atomic E-state index is 0.0455. The third kappa shape index (κ3) is 3.57. The lowest BCUT2D eigenvalue weighted by molar-refractivity contribution is -0.145. The Bertz CT molecular complexity index is 811. The van der Waals surface area contributed by atoms with Gasteiger partial charge in [0.25, 0.3) is 4.87 Å². The van der Waals surface area contributed by atoms with Gasteiger partial charge in [0.1, 0.15) is 6.10 Å². The molecule has 0 saturated heterocycles. The van der Waals surface area contributed by atoms with Crippen LogP contribution in [0.1, 0.15) is 11.7 Å². The summed E-state index contributed by atoms with van der Waals surface area (Å²) in [5, 5.41) is 9.75. The number of benzene rings is 2. The highest BCUT2D eigenvalue weighted by atomic mass is 32.2. The van der Waals surface area contributed by atoms with Crippen LogP contribution in [-0.2, 0) is 19.4 Å². The van der Waals surface area contributed by atoms with Crippen LogP contribution in [0, 0.1) is 0 Å². The third-order valence-corrected chi connectivity index (χ3v) is 5.90. The fraction of sp³-hybridized carbons (Fsp3) is 0.235. The third-order valence-electron chi connectivity index (χ3n) is 3.73. The van der Waals surface area contributed by atoms with Crippen LogP contribution in [0.3, 0.4) is 0 Å². The molecule has 2 aromatic carbocycles. The molecule has 0 aliphatic rings. The summed E-state index contributed by atoms with van der Waals surface area (Å²) in [5.74, 6) is -1.71. The molecule has 2 atom stereocenters. The van der Waals surface area contributed by atoms with Crippen LogP contribution in [0.15, 0.2) is 65.6 Å². The van der Waals surface area contributed by atoms with Crippen LogP contribution in [0.25, 0.3) is 0 Å². The lowest BCUT2D eigenvalue weighted by Crippen LogP contribution is -2.59. The quantitative estimate of drug-likeness (QED) is 0.634. The Morgan fingerprint density at radius 3 is 2.08 bits per heavy atom. The molecule has 0 radical (unpaired) electrons. The maximum Gasteiger partial charge on any atom is 0.343 e. The molecule has 7 nitrogen and oxygen atoms in total. The van der Waals surface area contributed by atoms with Gasteiger partial charge in [-0.3, -0.25) is 0 Å². The summed E-state index contributed by atoms with van der Waals surface area (Å²) in [6, 6.07) is 15.3. The average Bonchev–Trinajstić information content (AvgIpc) is 2.63. The molecule has 0 aliphatic heterocycles. The van der Waals surface area contributed by atoms with E-state index in [-0.39, 0.29) is 18.0 Å². The summed E-state index contributed by atoms with van der Waals surface area (Å²) in [6.07, 6.45) is -1.43. The second kappa shape index (κ2) is 7.75. The molecular weight excluding hydrogens is 344 g/mol. The highest BCUT2D eigenvalue weighted by molar-refractivity contribution is 7.93. The molecule has 1 unspecified atom stereocenters. The molecule has 0 aromatic heterocycles. The van der Waals surface area contributed by atoms with Gasteiger partial charge >= 0.3 is 5.97 Å². The summed E-state index contributed by atoms with van der Waals surface area (Å²) < 4.78 is 31.6. The summed E-state index contributed by atoms with van der Waals surface area (Å²) in [6.45, 7) is 0.0422. The topological polar surface area (TPSA) is 133 Å². The molecular formula is C17H20N2O5S. The number of carbonyl (C=O) groups is 1. The van der Waals surface area contributed by atoms with E-state index >= 15 is 0 Å². The molecule has 134 valence electrons. The Balaban J connectivity index is 2.64. The number of hydrogen-bond donors (Lipinski definition) is 3. The second-order valence-corrected chi connectivity index (χ2v) is 7.52. The van der Waals surface area contributed by atoms with Gasteiger partial charge in [-0.25, -0.2) is 13.2 Å². The van der Waals surface area contributed by atoms with Crippen molar-refractivity contribution in [2.24, 2.45) is 11.5 Å². The molecule has 0 amide bonds. The smallest absolute Gasteiger partial charge is 0.343 e. The van der Waals surface area contributed by atoms with Crippen LogP contribution < -0.4 is 11.5 Å². The second-order valence-electron chi connectivity index (χ2n) is 5.36. The zero-order valence-corrected chi connectivity index (χ0v) is 14.2. The summed E-state index contributed by atoms with van der Waals surface area (Å²) in [4.78, 5) is 9.09. The monoisotopic (exact) mass is 364 g/mol. The van der Waals surface area contributed by atoms with Crippen molar-refractivity contribution in [3.05, 3.63) is 66.2 Å². The molecule has 2 rings (SSSR count). The number of hydrogen-bond acceptors (Lipinski definition) is 6. The maximum absolute atomic E-state index is 13.1. The zero-order chi connectivity index (χ0) is 18.5. The molecule has 2 aromatic rings. The molecule has 5 N–H and O–H groups in total. The number of carboxylic acids is 1. The van der Waals surface area contributed by atoms with Gasteiger partial charge < -0.3 is 21.3 Å². The molecule has 0 bridgehead atoms. The van der Waals surface area contributed by atoms with Crippen molar-refractivity contribution in [2.45, 2.75) is 15.9 Å². The van der Waals surface area contributed by atoms with Crippen LogP contribution in [-0.4, -0.2) is 37.5 Å². The summed E-state index contributed by atoms with van der Waals surface area (Å²) in [7, 11) is -4.47. The van der Waals surface area contributed by atoms with Crippen molar-refractivity contribution in [3.8, 4) is 0 Å². The number of carboxylic acid groups (broad SMARTS) is 1. The minimum atomic E-state index is -4.47. The lowest BCUT2D eigenvalue weighted by atomic mass is 10.0. The predicted octanol–water partition coefficient (Wildman–Crippen LogP) is 0.917. The van der Waals surface area contributed by atoms with Crippen molar-refractivity contribution in [1.29, 1.82) is 0 Å². The van der Waals surface area contributed by atoms with E-state index in [4.69, 9.17) is 16.2 Å². The van der Waals surface area contributed by atoms with Gasteiger partial charge in [-0.1, -0.05) is 48.5 Å². The molecule has 0 heterocycles. The number of nitrogens with two attached hydrogens (primary N) is 2. The SMILES string of the molecule is NCCOC(c1ccccc1)[C@](N)(C(=O)O)S(=O)(=O)c1ccccc1. The van der Waals surface area contributed by atoms with Crippen LogP contribution in [0.5, 0.6) is 0 Å². The van der Waals surface area contributed by atoms with Crippen molar-refractivity contribution < 1.29 is 23.1 Å². The molecule has 0 spiro atoms. The average molecular weight is 364 g/mol. The van der Waals surface area contributed by atoms with Crippen LogP contribution in [0.2, 0.25) is 0 Å². The van der Waals surface area contributed by atoms with Gasteiger partial charge in [-0.2, -0.15) is 0 Å². The largest absolute Gasteiger partial charge is 0.479 e. The normalized spacial score (nSPS) is 15.3. The summed E-state index contributed by atoms with van der Waals surface area (Å²) in [5.41, 5.74) is 11.8. The molecule has 0 fully saturated rings.